The van der Waals surface area contributed by atoms with Gasteiger partial charge < -0.3 is 4.90 Å². The van der Waals surface area contributed by atoms with Gasteiger partial charge in [0.1, 0.15) is 0 Å². The number of anilines is 1. The minimum atomic E-state index is -0.202. The van der Waals surface area contributed by atoms with E-state index in [9.17, 15) is 4.79 Å². The Morgan fingerprint density at radius 1 is 1.32 bits per heavy atom. The average Bonchev–Trinajstić information content (AvgIpc) is 2.77. The van der Waals surface area contributed by atoms with Crippen molar-refractivity contribution in [3.8, 4) is 0 Å². The van der Waals surface area contributed by atoms with Gasteiger partial charge in [0.2, 0.25) is 0 Å². The second kappa shape index (κ2) is 7.31. The molecule has 1 saturated heterocycles. The first-order valence-corrected chi connectivity index (χ1v) is 9.99. The molecule has 3 nitrogen and oxygen atoms in total. The zero-order valence-electron chi connectivity index (χ0n) is 12.8. The standard InChI is InChI=1S/C18H21IN2O/c1-14-11-15(18(22)16-7-9-19-20-12-16)8-10-21(13-14)17-5-3-2-4-6-17/h2-7,9,12,14-15H,8,10-11,13H2,1H3. The van der Waals surface area contributed by atoms with Gasteiger partial charge in [0, 0.05) is 57.5 Å². The summed E-state index contributed by atoms with van der Waals surface area (Å²) < 4.78 is 6.38. The lowest BCUT2D eigenvalue weighted by molar-refractivity contribution is -0.119. The predicted octanol–water partition coefficient (Wildman–Crippen LogP) is 3.81. The minimum absolute atomic E-state index is 0.131. The lowest BCUT2D eigenvalue weighted by Gasteiger charge is -2.24. The quantitative estimate of drug-likeness (QED) is 0.713. The Hall–Kier alpha value is -1.30. The Morgan fingerprint density at radius 3 is 2.86 bits per heavy atom. The van der Waals surface area contributed by atoms with E-state index < -0.39 is 0 Å². The summed E-state index contributed by atoms with van der Waals surface area (Å²) in [5.41, 5.74) is 2.07. The van der Waals surface area contributed by atoms with E-state index in [0.717, 1.165) is 31.5 Å². The van der Waals surface area contributed by atoms with Crippen molar-refractivity contribution in [2.45, 2.75) is 19.8 Å². The number of allylic oxidation sites excluding steroid dienone is 2. The summed E-state index contributed by atoms with van der Waals surface area (Å²) in [6, 6.07) is 10.5. The SMILES string of the molecule is CC1CC(C(=O)C2=CC=IN=C2)CCN(c2ccccc2)C1. The summed E-state index contributed by atoms with van der Waals surface area (Å²) in [6.07, 6.45) is 5.67. The van der Waals surface area contributed by atoms with Gasteiger partial charge in [0.25, 0.3) is 0 Å². The third-order valence-corrected chi connectivity index (χ3v) is 5.57. The molecule has 0 aliphatic carbocycles. The molecule has 2 unspecified atom stereocenters. The number of rotatable bonds is 3. The highest BCUT2D eigenvalue weighted by molar-refractivity contribution is 14.2. The predicted molar refractivity (Wildman–Crippen MR) is 102 cm³/mol. The van der Waals surface area contributed by atoms with Crippen molar-refractivity contribution in [1.82, 2.24) is 0 Å². The molecule has 1 fully saturated rings. The molecule has 0 saturated carbocycles. The molecule has 0 radical (unpaired) electrons. The summed E-state index contributed by atoms with van der Waals surface area (Å²) >= 11 is -0.202. The molecule has 1 aromatic carbocycles. The highest BCUT2D eigenvalue weighted by atomic mass is 127. The summed E-state index contributed by atoms with van der Waals surface area (Å²) in [5.74, 6) is 0.936. The fraction of sp³-hybridized carbons (Fsp3) is 0.389. The first-order valence-electron chi connectivity index (χ1n) is 7.78. The number of para-hydroxylation sites is 1. The molecule has 0 spiro atoms. The molecule has 3 rings (SSSR count). The number of halogens is 1. The van der Waals surface area contributed by atoms with Gasteiger partial charge in [-0.2, -0.15) is 0 Å². The molecule has 1 aromatic rings. The summed E-state index contributed by atoms with van der Waals surface area (Å²) in [6.45, 7) is 4.23. The molecule has 2 heterocycles. The number of hydrogen-bond acceptors (Lipinski definition) is 3. The van der Waals surface area contributed by atoms with Crippen LogP contribution in [0.1, 0.15) is 19.8 Å². The molecular formula is C18H21IN2O. The maximum absolute atomic E-state index is 12.7. The van der Waals surface area contributed by atoms with Gasteiger partial charge >= 0.3 is 0 Å². The van der Waals surface area contributed by atoms with E-state index in [1.165, 1.54) is 5.69 Å². The van der Waals surface area contributed by atoms with Crippen LogP contribution in [0.5, 0.6) is 0 Å². The van der Waals surface area contributed by atoms with Gasteiger partial charge in [0.15, 0.2) is 5.78 Å². The first-order chi connectivity index (χ1) is 10.7. The molecular weight excluding hydrogens is 387 g/mol. The van der Waals surface area contributed by atoms with Crippen LogP contribution in [0.2, 0.25) is 0 Å². The third-order valence-electron chi connectivity index (χ3n) is 4.29. The number of carbonyl (C=O) groups excluding carboxylic acids is 1. The van der Waals surface area contributed by atoms with Crippen molar-refractivity contribution in [3.63, 3.8) is 0 Å². The van der Waals surface area contributed by atoms with Gasteiger partial charge in [-0.1, -0.05) is 25.1 Å². The second-order valence-corrected chi connectivity index (χ2v) is 7.88. The highest BCUT2D eigenvalue weighted by Gasteiger charge is 2.28. The second-order valence-electron chi connectivity index (χ2n) is 6.04. The van der Waals surface area contributed by atoms with Crippen molar-refractivity contribution >= 4 is 42.7 Å². The number of ketones is 1. The van der Waals surface area contributed by atoms with Crippen LogP contribution in [0.25, 0.3) is 0 Å². The molecule has 0 N–H and O–H groups in total. The van der Waals surface area contributed by atoms with Gasteiger partial charge in [-0.25, -0.2) is 3.21 Å². The molecule has 0 bridgehead atoms. The van der Waals surface area contributed by atoms with Gasteiger partial charge in [-0.05, 0) is 41.0 Å². The van der Waals surface area contributed by atoms with Crippen molar-refractivity contribution < 1.29 is 4.79 Å². The maximum atomic E-state index is 12.7. The van der Waals surface area contributed by atoms with Crippen LogP contribution in [-0.4, -0.2) is 29.1 Å². The average molecular weight is 408 g/mol. The van der Waals surface area contributed by atoms with E-state index >= 15 is 0 Å². The fourth-order valence-corrected chi connectivity index (χ4v) is 4.40. The largest absolute Gasteiger partial charge is 0.371 e. The summed E-state index contributed by atoms with van der Waals surface area (Å²) in [5, 5.41) is 0. The molecule has 4 heteroatoms. The Balaban J connectivity index is 1.72. The maximum Gasteiger partial charge on any atom is 0.167 e. The fourth-order valence-electron chi connectivity index (χ4n) is 3.20. The Kier molecular flexibility index (Phi) is 5.18. The van der Waals surface area contributed by atoms with E-state index in [0.29, 0.717) is 5.92 Å². The van der Waals surface area contributed by atoms with Crippen LogP contribution in [0.15, 0.2) is 45.2 Å². The van der Waals surface area contributed by atoms with Crippen LogP contribution in [-0.2, 0) is 4.79 Å². The van der Waals surface area contributed by atoms with Gasteiger partial charge in [-0.3, -0.25) is 4.79 Å². The molecule has 22 heavy (non-hydrogen) atoms. The summed E-state index contributed by atoms with van der Waals surface area (Å²) in [7, 11) is 0. The molecule has 2 aliphatic heterocycles. The lowest BCUT2D eigenvalue weighted by Crippen LogP contribution is -2.27. The van der Waals surface area contributed by atoms with E-state index in [4.69, 9.17) is 0 Å². The van der Waals surface area contributed by atoms with Crippen LogP contribution < -0.4 is 4.90 Å². The van der Waals surface area contributed by atoms with Gasteiger partial charge in [0.05, 0.1) is 0 Å². The first kappa shape index (κ1) is 15.6. The topological polar surface area (TPSA) is 32.7 Å². The number of Topliss-reactive ketones (excluding diaryl/α,β-unsaturated/α-hetero) is 1. The number of hydrogen-bond donors (Lipinski definition) is 0. The van der Waals surface area contributed by atoms with Crippen LogP contribution in [0.3, 0.4) is 0 Å². The smallest absolute Gasteiger partial charge is 0.167 e. The molecule has 0 amide bonds. The molecule has 2 atom stereocenters. The Morgan fingerprint density at radius 2 is 2.14 bits per heavy atom. The van der Waals surface area contributed by atoms with Crippen molar-refractivity contribution in [1.29, 1.82) is 0 Å². The van der Waals surface area contributed by atoms with Crippen molar-refractivity contribution in [3.05, 3.63) is 42.0 Å². The van der Waals surface area contributed by atoms with Crippen molar-refractivity contribution in [2.24, 2.45) is 15.0 Å². The normalized spacial score (nSPS) is 25.1. The molecule has 0 aromatic heterocycles. The third kappa shape index (κ3) is 3.72. The van der Waals surface area contributed by atoms with Crippen LogP contribution in [0.4, 0.5) is 5.69 Å². The zero-order valence-corrected chi connectivity index (χ0v) is 14.9. The molecule has 116 valence electrons. The van der Waals surface area contributed by atoms with Crippen LogP contribution >= 0.6 is 21.0 Å². The van der Waals surface area contributed by atoms with Gasteiger partial charge in [-0.15, -0.1) is 0 Å². The zero-order chi connectivity index (χ0) is 15.4. The summed E-state index contributed by atoms with van der Waals surface area (Å²) in [4.78, 5) is 15.1. The van der Waals surface area contributed by atoms with Crippen molar-refractivity contribution in [2.75, 3.05) is 18.0 Å². The van der Waals surface area contributed by atoms with E-state index in [1.807, 2.05) is 12.1 Å². The van der Waals surface area contributed by atoms with Crippen LogP contribution in [0, 0.1) is 11.8 Å². The van der Waals surface area contributed by atoms with E-state index in [2.05, 4.69) is 43.3 Å². The highest BCUT2D eigenvalue weighted by Crippen LogP contribution is 2.28. The van der Waals surface area contributed by atoms with E-state index in [1.54, 1.807) is 6.21 Å². The monoisotopic (exact) mass is 408 g/mol. The minimum Gasteiger partial charge on any atom is -0.371 e. The molecule has 2 aliphatic rings. The number of nitrogens with zero attached hydrogens (tertiary/aromatic N) is 2. The Bertz CT molecular complexity index is 621. The Labute approximate surface area is 142 Å². The lowest BCUT2D eigenvalue weighted by atomic mass is 9.88. The number of carbonyl (C=O) groups is 1. The van der Waals surface area contributed by atoms with E-state index in [-0.39, 0.29) is 32.7 Å². The number of benzene rings is 1.